The van der Waals surface area contributed by atoms with Crippen molar-refractivity contribution in [1.82, 2.24) is 0 Å². The van der Waals surface area contributed by atoms with Crippen molar-refractivity contribution in [2.45, 2.75) is 13.8 Å². The van der Waals surface area contributed by atoms with E-state index in [2.05, 4.69) is 0 Å². The molecular weight excluding hydrogens is 320 g/mol. The lowest BCUT2D eigenvalue weighted by atomic mass is 9.97. The summed E-state index contributed by atoms with van der Waals surface area (Å²) in [5, 5.41) is 1.56. The fourth-order valence-electron chi connectivity index (χ4n) is 2.99. The van der Waals surface area contributed by atoms with Crippen LogP contribution >= 0.6 is 0 Å². The van der Waals surface area contributed by atoms with Gasteiger partial charge in [0.2, 0.25) is 0 Å². The van der Waals surface area contributed by atoms with Gasteiger partial charge in [0.15, 0.2) is 11.6 Å². The first-order chi connectivity index (χ1) is 12.6. The topological polar surface area (TPSA) is 34.1 Å². The van der Waals surface area contributed by atoms with Gasteiger partial charge in [-0.3, -0.25) is 9.59 Å². The summed E-state index contributed by atoms with van der Waals surface area (Å²) in [4.78, 5) is 24.4. The van der Waals surface area contributed by atoms with Gasteiger partial charge in [0.25, 0.3) is 0 Å². The number of carbonyl (C=O) groups excluding carboxylic acids is 2. The molecule has 0 N–H and O–H groups in total. The van der Waals surface area contributed by atoms with E-state index in [1.165, 1.54) is 0 Å². The molecule has 0 aromatic heterocycles. The first-order valence-electron chi connectivity index (χ1n) is 8.54. The molecule has 0 radical (unpaired) electrons. The number of hydrogen-bond donors (Lipinski definition) is 0. The van der Waals surface area contributed by atoms with Gasteiger partial charge in [-0.15, -0.1) is 0 Å². The third-order valence-electron chi connectivity index (χ3n) is 4.27. The van der Waals surface area contributed by atoms with Crippen LogP contribution in [0, 0.1) is 0 Å². The molecule has 0 aliphatic rings. The van der Waals surface area contributed by atoms with Gasteiger partial charge in [-0.25, -0.2) is 0 Å². The van der Waals surface area contributed by atoms with Gasteiger partial charge in [0.05, 0.1) is 0 Å². The van der Waals surface area contributed by atoms with Crippen molar-refractivity contribution in [2.75, 3.05) is 0 Å². The Hall–Kier alpha value is -3.26. The number of Topliss-reactive ketones (excluding diaryl/α,β-unsaturated/α-hetero) is 2. The highest BCUT2D eigenvalue weighted by molar-refractivity contribution is 5.98. The van der Waals surface area contributed by atoms with Crippen molar-refractivity contribution in [2.24, 2.45) is 0 Å². The number of rotatable bonds is 4. The van der Waals surface area contributed by atoms with E-state index >= 15 is 0 Å². The molecule has 3 aromatic rings. The molecule has 3 aromatic carbocycles. The largest absolute Gasteiger partial charge is 0.294 e. The van der Waals surface area contributed by atoms with Crippen molar-refractivity contribution >= 4 is 23.7 Å². The second-order valence-electron chi connectivity index (χ2n) is 6.21. The summed E-state index contributed by atoms with van der Waals surface area (Å²) in [6, 6.07) is 23.1. The van der Waals surface area contributed by atoms with Crippen LogP contribution in [0.3, 0.4) is 0 Å². The zero-order valence-electron chi connectivity index (χ0n) is 14.9. The molecule has 0 saturated heterocycles. The molecule has 26 heavy (non-hydrogen) atoms. The van der Waals surface area contributed by atoms with Gasteiger partial charge in [0.1, 0.15) is 0 Å². The van der Waals surface area contributed by atoms with Crippen molar-refractivity contribution in [3.8, 4) is 0 Å². The van der Waals surface area contributed by atoms with Crippen LogP contribution in [0.1, 0.15) is 45.7 Å². The van der Waals surface area contributed by atoms with E-state index < -0.39 is 0 Å². The van der Waals surface area contributed by atoms with Gasteiger partial charge in [-0.05, 0) is 47.6 Å². The summed E-state index contributed by atoms with van der Waals surface area (Å²) in [7, 11) is 0. The quantitative estimate of drug-likeness (QED) is 0.678. The highest BCUT2D eigenvalue weighted by Crippen LogP contribution is 2.04. The number of carbonyl (C=O) groups is 2. The third-order valence-corrected chi connectivity index (χ3v) is 4.27. The second kappa shape index (κ2) is 7.75. The Morgan fingerprint density at radius 1 is 0.577 bits per heavy atom. The Balaban J connectivity index is 2.45. The van der Waals surface area contributed by atoms with E-state index in [-0.39, 0.29) is 11.6 Å². The molecule has 2 nitrogen and oxygen atoms in total. The molecule has 0 aliphatic heterocycles. The Morgan fingerprint density at radius 2 is 0.923 bits per heavy atom. The molecule has 0 unspecified atom stereocenters. The highest BCUT2D eigenvalue weighted by atomic mass is 16.1. The second-order valence-corrected chi connectivity index (χ2v) is 6.21. The van der Waals surface area contributed by atoms with E-state index in [4.69, 9.17) is 0 Å². The van der Waals surface area contributed by atoms with Crippen LogP contribution < -0.4 is 10.4 Å². The maximum absolute atomic E-state index is 12.2. The fraction of sp³-hybridized carbons (Fsp3) is 0.0833. The third kappa shape index (κ3) is 3.86. The number of hydrogen-bond acceptors (Lipinski definition) is 2. The lowest BCUT2D eigenvalue weighted by Gasteiger charge is -2.06. The molecule has 2 heteroatoms. The lowest BCUT2D eigenvalue weighted by Crippen LogP contribution is -2.35. The average molecular weight is 340 g/mol. The van der Waals surface area contributed by atoms with Gasteiger partial charge < -0.3 is 0 Å². The van der Waals surface area contributed by atoms with E-state index in [9.17, 15) is 9.59 Å². The molecule has 0 saturated carbocycles. The maximum Gasteiger partial charge on any atom is 0.160 e. The molecule has 128 valence electrons. The van der Waals surface area contributed by atoms with Crippen LogP contribution in [-0.2, 0) is 0 Å². The van der Waals surface area contributed by atoms with E-state index in [1.807, 2.05) is 72.8 Å². The Kier molecular flexibility index (Phi) is 5.23. The normalized spacial score (nSPS) is 12.2. The molecule has 0 spiro atoms. The zero-order valence-corrected chi connectivity index (χ0v) is 14.9. The van der Waals surface area contributed by atoms with Gasteiger partial charge in [-0.1, -0.05) is 72.8 Å². The minimum absolute atomic E-state index is 0.0232. The Bertz CT molecular complexity index is 974. The van der Waals surface area contributed by atoms with Crippen molar-refractivity contribution in [1.29, 1.82) is 0 Å². The minimum Gasteiger partial charge on any atom is -0.294 e. The van der Waals surface area contributed by atoms with Crippen LogP contribution in [0.2, 0.25) is 0 Å². The van der Waals surface area contributed by atoms with Gasteiger partial charge in [-0.2, -0.15) is 0 Å². The monoisotopic (exact) mass is 340 g/mol. The molecule has 0 fully saturated rings. The first-order valence-corrected chi connectivity index (χ1v) is 8.54. The summed E-state index contributed by atoms with van der Waals surface area (Å²) >= 11 is 0. The average Bonchev–Trinajstić information content (AvgIpc) is 2.64. The number of ketones is 2. The summed E-state index contributed by atoms with van der Waals surface area (Å²) in [5.41, 5.74) is 3.19. The Labute approximate surface area is 153 Å². The summed E-state index contributed by atoms with van der Waals surface area (Å²) < 4.78 is 0. The molecule has 0 atom stereocenters. The van der Waals surface area contributed by atoms with Crippen molar-refractivity contribution in [3.63, 3.8) is 0 Å². The number of benzene rings is 3. The van der Waals surface area contributed by atoms with E-state index in [0.717, 1.165) is 21.6 Å². The molecule has 0 aliphatic carbocycles. The van der Waals surface area contributed by atoms with Gasteiger partial charge in [0, 0.05) is 11.1 Å². The summed E-state index contributed by atoms with van der Waals surface area (Å²) in [5.74, 6) is -0.0463. The predicted octanol–water partition coefficient (Wildman–Crippen LogP) is 3.75. The van der Waals surface area contributed by atoms with Crippen LogP contribution in [-0.4, -0.2) is 11.6 Å². The lowest BCUT2D eigenvalue weighted by molar-refractivity contribution is 0.1000. The zero-order chi connectivity index (χ0) is 18.5. The highest BCUT2D eigenvalue weighted by Gasteiger charge is 2.09. The van der Waals surface area contributed by atoms with Crippen molar-refractivity contribution in [3.05, 3.63) is 105 Å². The van der Waals surface area contributed by atoms with Gasteiger partial charge >= 0.3 is 0 Å². The van der Waals surface area contributed by atoms with Crippen LogP contribution in [0.15, 0.2) is 72.8 Å². The minimum atomic E-state index is -0.0232. The SMILES string of the molecule is CC(=O)c1ccc(C(C)=O)c(=Cc2ccccc2)c1=Cc1ccccc1. The van der Waals surface area contributed by atoms with Crippen LogP contribution in [0.4, 0.5) is 0 Å². The van der Waals surface area contributed by atoms with Crippen LogP contribution in [0.25, 0.3) is 12.2 Å². The smallest absolute Gasteiger partial charge is 0.160 e. The first kappa shape index (κ1) is 17.6. The maximum atomic E-state index is 12.2. The molecule has 3 rings (SSSR count). The van der Waals surface area contributed by atoms with Crippen molar-refractivity contribution < 1.29 is 9.59 Å². The standard InChI is InChI=1S/C24H20O2/c1-17(25)21-13-14-22(18(2)26)24(16-20-11-7-4-8-12-20)23(21)15-19-9-5-3-6-10-19/h3-16H,1-2H3. The van der Waals surface area contributed by atoms with E-state index in [1.54, 1.807) is 26.0 Å². The molecule has 0 bridgehead atoms. The van der Waals surface area contributed by atoms with E-state index in [0.29, 0.717) is 11.1 Å². The summed E-state index contributed by atoms with van der Waals surface area (Å²) in [6.07, 6.45) is 3.94. The molecule has 0 amide bonds. The molecule has 0 heterocycles. The fourth-order valence-corrected chi connectivity index (χ4v) is 2.99. The summed E-state index contributed by atoms with van der Waals surface area (Å²) in [6.45, 7) is 3.11. The Morgan fingerprint density at radius 3 is 1.23 bits per heavy atom. The van der Waals surface area contributed by atoms with Crippen LogP contribution in [0.5, 0.6) is 0 Å². The predicted molar refractivity (Wildman–Crippen MR) is 106 cm³/mol. The molecular formula is C24H20O2.